The fraction of sp³-hybridized carbons (Fsp3) is 0.200. The highest BCUT2D eigenvalue weighted by atomic mass is 19.1. The molecule has 0 aliphatic heterocycles. The summed E-state index contributed by atoms with van der Waals surface area (Å²) in [6.07, 6.45) is 4.24. The zero-order valence-corrected chi connectivity index (χ0v) is 17.6. The van der Waals surface area contributed by atoms with E-state index < -0.39 is 0 Å². The first kappa shape index (κ1) is 20.6. The van der Waals surface area contributed by atoms with Crippen LogP contribution in [0.15, 0.2) is 71.8 Å². The summed E-state index contributed by atoms with van der Waals surface area (Å²) in [6, 6.07) is 15.9. The van der Waals surface area contributed by atoms with Crippen LogP contribution in [0.2, 0.25) is 0 Å². The van der Waals surface area contributed by atoms with Gasteiger partial charge in [-0.3, -0.25) is 9.59 Å². The van der Waals surface area contributed by atoms with E-state index in [0.717, 1.165) is 34.2 Å². The molecule has 0 spiro atoms. The first-order valence-electron chi connectivity index (χ1n) is 10.3. The van der Waals surface area contributed by atoms with Gasteiger partial charge in [-0.1, -0.05) is 37.3 Å². The van der Waals surface area contributed by atoms with Crippen LogP contribution in [0.1, 0.15) is 23.6 Å². The molecular weight excluding hydrogens is 393 g/mol. The molecule has 0 atom stereocenters. The van der Waals surface area contributed by atoms with Gasteiger partial charge in [0.05, 0.1) is 0 Å². The summed E-state index contributed by atoms with van der Waals surface area (Å²) in [5.74, 6) is -0.570. The van der Waals surface area contributed by atoms with Crippen LogP contribution in [0.4, 0.5) is 10.1 Å². The number of anilines is 1. The molecule has 2 aromatic carbocycles. The molecule has 1 N–H and O–H groups in total. The number of fused-ring (bicyclic) bond motifs is 1. The van der Waals surface area contributed by atoms with E-state index in [0.29, 0.717) is 12.1 Å². The van der Waals surface area contributed by atoms with Crippen LogP contribution >= 0.6 is 0 Å². The van der Waals surface area contributed by atoms with Crippen molar-refractivity contribution in [3.63, 3.8) is 0 Å². The van der Waals surface area contributed by atoms with Gasteiger partial charge in [0.1, 0.15) is 17.9 Å². The van der Waals surface area contributed by atoms with Gasteiger partial charge in [-0.2, -0.15) is 0 Å². The number of benzene rings is 2. The Kier molecular flexibility index (Phi) is 5.71. The first-order valence-corrected chi connectivity index (χ1v) is 10.3. The summed E-state index contributed by atoms with van der Waals surface area (Å²) < 4.78 is 16.7. The number of amides is 1. The number of carbonyl (C=O) groups is 1. The van der Waals surface area contributed by atoms with Gasteiger partial charge in [0.15, 0.2) is 0 Å². The van der Waals surface area contributed by atoms with Gasteiger partial charge in [0.2, 0.25) is 5.91 Å². The number of aryl methyl sites for hydroxylation is 2. The number of halogens is 1. The molecule has 6 heteroatoms. The number of nitrogens with zero attached hydrogens (tertiary/aromatic N) is 2. The summed E-state index contributed by atoms with van der Waals surface area (Å²) in [4.78, 5) is 25.9. The molecule has 1 amide bonds. The van der Waals surface area contributed by atoms with E-state index in [2.05, 4.69) is 5.32 Å². The minimum Gasteiger partial charge on any atom is -0.339 e. The second-order valence-corrected chi connectivity index (χ2v) is 7.64. The lowest BCUT2D eigenvalue weighted by Gasteiger charge is -2.14. The second kappa shape index (κ2) is 8.60. The smallest absolute Gasteiger partial charge is 0.275 e. The Bertz CT molecular complexity index is 1320. The number of hydrogen-bond donors (Lipinski definition) is 1. The van der Waals surface area contributed by atoms with Gasteiger partial charge in [0, 0.05) is 30.0 Å². The van der Waals surface area contributed by atoms with Crippen molar-refractivity contribution in [2.45, 2.75) is 33.4 Å². The Morgan fingerprint density at radius 3 is 2.52 bits per heavy atom. The Morgan fingerprint density at radius 2 is 1.77 bits per heavy atom. The molecule has 0 unspecified atom stereocenters. The molecule has 2 heterocycles. The molecule has 0 aliphatic carbocycles. The van der Waals surface area contributed by atoms with Gasteiger partial charge in [-0.15, -0.1) is 0 Å². The predicted molar refractivity (Wildman–Crippen MR) is 121 cm³/mol. The Balaban J connectivity index is 1.61. The average Bonchev–Trinajstić information content (AvgIpc) is 3.15. The van der Waals surface area contributed by atoms with E-state index >= 15 is 0 Å². The largest absolute Gasteiger partial charge is 0.339 e. The molecule has 2 aromatic heterocycles. The van der Waals surface area contributed by atoms with Crippen molar-refractivity contribution in [3.8, 4) is 0 Å². The zero-order chi connectivity index (χ0) is 22.0. The minimum atomic E-state index is -0.314. The van der Waals surface area contributed by atoms with Crippen molar-refractivity contribution in [2.75, 3.05) is 5.32 Å². The highest BCUT2D eigenvalue weighted by molar-refractivity contribution is 5.92. The van der Waals surface area contributed by atoms with E-state index in [-0.39, 0.29) is 23.8 Å². The predicted octanol–water partition coefficient (Wildman–Crippen LogP) is 4.50. The molecule has 5 nitrogen and oxygen atoms in total. The molecule has 0 fully saturated rings. The maximum absolute atomic E-state index is 13.5. The van der Waals surface area contributed by atoms with Gasteiger partial charge >= 0.3 is 0 Å². The summed E-state index contributed by atoms with van der Waals surface area (Å²) in [5, 5.41) is 3.74. The highest BCUT2D eigenvalue weighted by Crippen LogP contribution is 2.21. The van der Waals surface area contributed by atoms with Crippen LogP contribution in [0, 0.1) is 12.7 Å². The SMILES string of the molecule is CCc1cccc(C)c1NC(=O)Cn1ccc2ccn(Cc3cccc(F)c3)c2c1=O. The van der Waals surface area contributed by atoms with E-state index in [9.17, 15) is 14.0 Å². The highest BCUT2D eigenvalue weighted by Gasteiger charge is 2.13. The van der Waals surface area contributed by atoms with Crippen molar-refractivity contribution in [3.05, 3.63) is 99.9 Å². The van der Waals surface area contributed by atoms with Crippen molar-refractivity contribution < 1.29 is 9.18 Å². The Morgan fingerprint density at radius 1 is 1.03 bits per heavy atom. The fourth-order valence-corrected chi connectivity index (χ4v) is 3.87. The normalized spacial score (nSPS) is 11.1. The summed E-state index contributed by atoms with van der Waals surface area (Å²) in [7, 11) is 0. The average molecular weight is 417 g/mol. The molecule has 158 valence electrons. The number of hydrogen-bond acceptors (Lipinski definition) is 2. The van der Waals surface area contributed by atoms with Crippen molar-refractivity contribution in [1.29, 1.82) is 0 Å². The molecule has 0 aliphatic rings. The molecule has 31 heavy (non-hydrogen) atoms. The van der Waals surface area contributed by atoms with Gasteiger partial charge in [-0.05, 0) is 54.3 Å². The number of carbonyl (C=O) groups excluding carboxylic acids is 1. The minimum absolute atomic E-state index is 0.0859. The number of para-hydroxylation sites is 1. The van der Waals surface area contributed by atoms with Crippen molar-refractivity contribution in [1.82, 2.24) is 9.13 Å². The van der Waals surface area contributed by atoms with Crippen LogP contribution in [-0.4, -0.2) is 15.0 Å². The van der Waals surface area contributed by atoms with E-state index in [1.54, 1.807) is 16.8 Å². The summed E-state index contributed by atoms with van der Waals surface area (Å²) >= 11 is 0. The van der Waals surface area contributed by atoms with E-state index in [1.165, 1.54) is 16.7 Å². The van der Waals surface area contributed by atoms with Gasteiger partial charge < -0.3 is 14.5 Å². The number of nitrogens with one attached hydrogen (secondary N) is 1. The molecular formula is C25H24FN3O2. The molecule has 0 radical (unpaired) electrons. The number of pyridine rings is 1. The third-order valence-corrected chi connectivity index (χ3v) is 5.45. The van der Waals surface area contributed by atoms with Crippen LogP contribution in [0.3, 0.4) is 0 Å². The fourth-order valence-electron chi connectivity index (χ4n) is 3.87. The zero-order valence-electron chi connectivity index (χ0n) is 17.6. The maximum Gasteiger partial charge on any atom is 0.275 e. The monoisotopic (exact) mass is 417 g/mol. The second-order valence-electron chi connectivity index (χ2n) is 7.64. The standard InChI is InChI=1S/C25H24FN3O2/c1-3-19-8-4-6-17(2)23(19)27-22(30)16-29-13-11-20-10-12-28(24(20)25(29)31)15-18-7-5-9-21(26)14-18/h4-14H,3,15-16H2,1-2H3,(H,27,30). The summed E-state index contributed by atoms with van der Waals surface area (Å²) in [5.41, 5.74) is 3.84. The van der Waals surface area contributed by atoms with Crippen molar-refractivity contribution >= 4 is 22.5 Å². The molecule has 4 aromatic rings. The van der Waals surface area contributed by atoms with Crippen LogP contribution in [0.25, 0.3) is 10.9 Å². The quantitative estimate of drug-likeness (QED) is 0.502. The molecule has 4 rings (SSSR count). The van der Waals surface area contributed by atoms with Crippen LogP contribution < -0.4 is 10.9 Å². The Labute approximate surface area is 179 Å². The third-order valence-electron chi connectivity index (χ3n) is 5.45. The lowest BCUT2D eigenvalue weighted by atomic mass is 10.1. The molecule has 0 saturated heterocycles. The van der Waals surface area contributed by atoms with Crippen LogP contribution in [-0.2, 0) is 24.3 Å². The number of rotatable bonds is 6. The number of aromatic nitrogens is 2. The maximum atomic E-state index is 13.5. The van der Waals surface area contributed by atoms with Crippen LogP contribution in [0.5, 0.6) is 0 Å². The third kappa shape index (κ3) is 4.28. The van der Waals surface area contributed by atoms with Gasteiger partial charge in [0.25, 0.3) is 5.56 Å². The lowest BCUT2D eigenvalue weighted by molar-refractivity contribution is -0.116. The Hall–Kier alpha value is -3.67. The first-order chi connectivity index (χ1) is 15.0. The molecule has 0 saturated carbocycles. The molecule has 0 bridgehead atoms. The van der Waals surface area contributed by atoms with Gasteiger partial charge in [-0.25, -0.2) is 4.39 Å². The van der Waals surface area contributed by atoms with Crippen molar-refractivity contribution in [2.24, 2.45) is 0 Å². The summed E-state index contributed by atoms with van der Waals surface area (Å²) in [6.45, 7) is 4.27. The van der Waals surface area contributed by atoms with E-state index in [4.69, 9.17) is 0 Å². The topological polar surface area (TPSA) is 56.0 Å². The van der Waals surface area contributed by atoms with E-state index in [1.807, 2.05) is 56.4 Å². The lowest BCUT2D eigenvalue weighted by Crippen LogP contribution is -2.28.